The minimum Gasteiger partial charge on any atom is -0.479 e. The van der Waals surface area contributed by atoms with Crippen LogP contribution in [0.1, 0.15) is 63.9 Å². The highest BCUT2D eigenvalue weighted by Crippen LogP contribution is 2.45. The van der Waals surface area contributed by atoms with E-state index in [0.29, 0.717) is 5.75 Å². The molecule has 0 spiro atoms. The van der Waals surface area contributed by atoms with Gasteiger partial charge in [0.15, 0.2) is 6.61 Å². The predicted molar refractivity (Wildman–Crippen MR) is 127 cm³/mol. The van der Waals surface area contributed by atoms with Gasteiger partial charge in [0.05, 0.1) is 0 Å². The van der Waals surface area contributed by atoms with Crippen molar-refractivity contribution in [1.29, 1.82) is 5.26 Å². The number of hydrogen-bond acceptors (Lipinski definition) is 4. The van der Waals surface area contributed by atoms with E-state index in [-0.39, 0.29) is 24.0 Å². The molecule has 1 unspecified atom stereocenters. The average molecular weight is 430 g/mol. The molecule has 32 heavy (non-hydrogen) atoms. The molecule has 1 amide bonds. The number of aliphatic imine (C=N–C) groups is 1. The van der Waals surface area contributed by atoms with Gasteiger partial charge in [0, 0.05) is 11.8 Å². The number of nitrogens with zero attached hydrogens (tertiary/aromatic N) is 2. The molecule has 1 aliphatic carbocycles. The largest absolute Gasteiger partial charge is 0.479 e. The van der Waals surface area contributed by atoms with Crippen molar-refractivity contribution in [2.24, 2.45) is 4.99 Å². The van der Waals surface area contributed by atoms with E-state index in [2.05, 4.69) is 36.5 Å². The van der Waals surface area contributed by atoms with Crippen molar-refractivity contribution in [3.63, 3.8) is 0 Å². The molecule has 2 aromatic carbocycles. The fraction of sp³-hybridized carbons (Fsp3) is 0.444. The number of ether oxygens (including phenoxy) is 1. The van der Waals surface area contributed by atoms with Crippen molar-refractivity contribution in [2.45, 2.75) is 69.7 Å². The zero-order valence-electron chi connectivity index (χ0n) is 18.8. The lowest BCUT2D eigenvalue weighted by molar-refractivity contribution is -0.122. The predicted octanol–water partition coefficient (Wildman–Crippen LogP) is 5.54. The first-order chi connectivity index (χ1) is 15.7. The fourth-order valence-corrected chi connectivity index (χ4v) is 5.08. The Morgan fingerprint density at radius 2 is 1.91 bits per heavy atom. The molecule has 1 atom stereocenters. The quantitative estimate of drug-likeness (QED) is 0.598. The topological polar surface area (TPSA) is 74.5 Å². The monoisotopic (exact) mass is 429 g/mol. The van der Waals surface area contributed by atoms with Crippen LogP contribution in [0, 0.1) is 11.3 Å². The molecule has 0 bridgehead atoms. The molecule has 2 aliphatic rings. The van der Waals surface area contributed by atoms with Gasteiger partial charge in [0.25, 0.3) is 5.91 Å². The summed E-state index contributed by atoms with van der Waals surface area (Å²) in [5.41, 5.74) is 3.11. The number of unbranched alkanes of at least 4 members (excludes halogenated alkanes) is 1. The summed E-state index contributed by atoms with van der Waals surface area (Å²) in [5, 5.41) is 11.8. The third kappa shape index (κ3) is 4.55. The zero-order chi connectivity index (χ0) is 22.4. The van der Waals surface area contributed by atoms with Crippen molar-refractivity contribution in [3.05, 3.63) is 54.1 Å². The second-order valence-corrected chi connectivity index (χ2v) is 8.84. The van der Waals surface area contributed by atoms with Crippen molar-refractivity contribution < 1.29 is 9.53 Å². The summed E-state index contributed by atoms with van der Waals surface area (Å²) in [6, 6.07) is 18.1. The maximum atomic E-state index is 13.0. The molecular weight excluding hydrogens is 398 g/mol. The van der Waals surface area contributed by atoms with Crippen LogP contribution >= 0.6 is 0 Å². The van der Waals surface area contributed by atoms with E-state index in [1.807, 2.05) is 30.3 Å². The maximum Gasteiger partial charge on any atom is 0.251 e. The van der Waals surface area contributed by atoms with Crippen LogP contribution in [0.2, 0.25) is 0 Å². The van der Waals surface area contributed by atoms with E-state index in [4.69, 9.17) is 15.0 Å². The van der Waals surface area contributed by atoms with E-state index in [1.165, 1.54) is 12.0 Å². The summed E-state index contributed by atoms with van der Waals surface area (Å²) in [7, 11) is 0. The van der Waals surface area contributed by atoms with Crippen LogP contribution in [-0.4, -0.2) is 24.4 Å². The highest BCUT2D eigenvalue weighted by molar-refractivity contribution is 6.06. The number of benzene rings is 2. The SMILES string of the molecule is CCCCC1=NC(C2(c3ccc(-c4cccc(OCC#N)c4)cc3)CCCCC2)C(=O)N1. The summed E-state index contributed by atoms with van der Waals surface area (Å²) < 4.78 is 5.45. The molecule has 5 heteroatoms. The number of rotatable bonds is 8. The van der Waals surface area contributed by atoms with Gasteiger partial charge in [-0.2, -0.15) is 5.26 Å². The average Bonchev–Trinajstić information content (AvgIpc) is 3.23. The van der Waals surface area contributed by atoms with E-state index >= 15 is 0 Å². The molecule has 1 saturated carbocycles. The lowest BCUT2D eigenvalue weighted by Crippen LogP contribution is -2.46. The van der Waals surface area contributed by atoms with Crippen LogP contribution in [0.3, 0.4) is 0 Å². The lowest BCUT2D eigenvalue weighted by Gasteiger charge is -2.40. The Morgan fingerprint density at radius 1 is 1.12 bits per heavy atom. The van der Waals surface area contributed by atoms with Gasteiger partial charge in [-0.15, -0.1) is 0 Å². The summed E-state index contributed by atoms with van der Waals surface area (Å²) >= 11 is 0. The van der Waals surface area contributed by atoms with Crippen LogP contribution in [0.5, 0.6) is 5.75 Å². The second kappa shape index (κ2) is 9.99. The standard InChI is InChI=1S/C27H31N3O2/c1-2-3-10-24-29-25(26(31)30-24)27(15-5-4-6-16-27)22-13-11-20(12-14-22)21-8-7-9-23(19-21)32-18-17-28/h7-9,11-14,19,25H,2-6,10,15-16,18H2,1H3,(H,29,30,31). The number of carbonyl (C=O) groups excluding carboxylic acids is 1. The first-order valence-corrected chi connectivity index (χ1v) is 11.7. The van der Waals surface area contributed by atoms with Crippen LogP contribution in [0.4, 0.5) is 0 Å². The van der Waals surface area contributed by atoms with Crippen molar-refractivity contribution in [2.75, 3.05) is 6.61 Å². The lowest BCUT2D eigenvalue weighted by atomic mass is 9.64. The van der Waals surface area contributed by atoms with Gasteiger partial charge in [0.1, 0.15) is 23.7 Å². The fourth-order valence-electron chi connectivity index (χ4n) is 5.08. The third-order valence-corrected chi connectivity index (χ3v) is 6.77. The highest BCUT2D eigenvalue weighted by Gasteiger charge is 2.47. The molecule has 2 aromatic rings. The number of nitriles is 1. The Labute approximate surface area is 190 Å². The smallest absolute Gasteiger partial charge is 0.251 e. The normalized spacial score (nSPS) is 19.7. The van der Waals surface area contributed by atoms with Crippen molar-refractivity contribution >= 4 is 11.7 Å². The minimum atomic E-state index is -0.330. The Hall–Kier alpha value is -3.13. The number of amides is 1. The molecule has 0 radical (unpaired) electrons. The van der Waals surface area contributed by atoms with Crippen LogP contribution in [0.25, 0.3) is 11.1 Å². The third-order valence-electron chi connectivity index (χ3n) is 6.77. The maximum absolute atomic E-state index is 13.0. The summed E-state index contributed by atoms with van der Waals surface area (Å²) in [4.78, 5) is 17.9. The molecule has 1 fully saturated rings. The van der Waals surface area contributed by atoms with Gasteiger partial charge in [0.2, 0.25) is 0 Å². The van der Waals surface area contributed by atoms with Crippen LogP contribution in [-0.2, 0) is 10.2 Å². The van der Waals surface area contributed by atoms with E-state index in [0.717, 1.165) is 61.9 Å². The number of nitrogens with one attached hydrogen (secondary N) is 1. The van der Waals surface area contributed by atoms with Crippen molar-refractivity contribution in [1.82, 2.24) is 5.32 Å². The Bertz CT molecular complexity index is 1010. The molecule has 1 N–H and O–H groups in total. The van der Waals surface area contributed by atoms with Crippen LogP contribution < -0.4 is 10.1 Å². The summed E-state index contributed by atoms with van der Waals surface area (Å²) in [6.45, 7) is 2.19. The molecule has 1 heterocycles. The first-order valence-electron chi connectivity index (χ1n) is 11.7. The Kier molecular flexibility index (Phi) is 6.90. The number of carbonyl (C=O) groups is 1. The summed E-state index contributed by atoms with van der Waals surface area (Å²) in [5.74, 6) is 1.61. The van der Waals surface area contributed by atoms with Gasteiger partial charge in [-0.1, -0.05) is 69.0 Å². The Balaban J connectivity index is 1.62. The number of amidine groups is 1. The molecule has 0 saturated heterocycles. The Morgan fingerprint density at radius 3 is 2.62 bits per heavy atom. The number of hydrogen-bond donors (Lipinski definition) is 1. The molecule has 4 rings (SSSR count). The van der Waals surface area contributed by atoms with Gasteiger partial charge in [-0.25, -0.2) is 0 Å². The second-order valence-electron chi connectivity index (χ2n) is 8.84. The van der Waals surface area contributed by atoms with E-state index in [9.17, 15) is 4.79 Å². The highest BCUT2D eigenvalue weighted by atomic mass is 16.5. The zero-order valence-corrected chi connectivity index (χ0v) is 18.8. The van der Waals surface area contributed by atoms with Gasteiger partial charge >= 0.3 is 0 Å². The minimum absolute atomic E-state index is 0.0368. The van der Waals surface area contributed by atoms with E-state index in [1.54, 1.807) is 0 Å². The molecule has 1 aliphatic heterocycles. The van der Waals surface area contributed by atoms with E-state index < -0.39 is 0 Å². The first kappa shape index (κ1) is 22.1. The molecule has 166 valence electrons. The van der Waals surface area contributed by atoms with Crippen molar-refractivity contribution in [3.8, 4) is 22.9 Å². The molecule has 0 aromatic heterocycles. The van der Waals surface area contributed by atoms with Gasteiger partial charge in [-0.3, -0.25) is 9.79 Å². The molecule has 5 nitrogen and oxygen atoms in total. The van der Waals surface area contributed by atoms with Gasteiger partial charge < -0.3 is 10.1 Å². The van der Waals surface area contributed by atoms with Crippen LogP contribution in [0.15, 0.2) is 53.5 Å². The molecular formula is C27H31N3O2. The summed E-state index contributed by atoms with van der Waals surface area (Å²) in [6.07, 6.45) is 8.44. The van der Waals surface area contributed by atoms with Gasteiger partial charge in [-0.05, 0) is 48.1 Å².